The first-order valence-electron chi connectivity index (χ1n) is 7.11. The molecule has 0 radical (unpaired) electrons. The van der Waals surface area contributed by atoms with Gasteiger partial charge >= 0.3 is 0 Å². The molecule has 0 aromatic heterocycles. The average Bonchev–Trinajstić information content (AvgIpc) is 2.99. The monoisotopic (exact) mass is 275 g/mol. The van der Waals surface area contributed by atoms with Gasteiger partial charge in [0.05, 0.1) is 12.1 Å². The first-order valence-corrected chi connectivity index (χ1v) is 7.11. The van der Waals surface area contributed by atoms with Crippen LogP contribution in [-0.4, -0.2) is 42.9 Å². The molecule has 2 amide bonds. The summed E-state index contributed by atoms with van der Waals surface area (Å²) in [6.07, 6.45) is 2.12. The fourth-order valence-electron chi connectivity index (χ4n) is 2.36. The van der Waals surface area contributed by atoms with Gasteiger partial charge in [-0.1, -0.05) is 12.1 Å². The van der Waals surface area contributed by atoms with E-state index in [-0.39, 0.29) is 18.4 Å². The zero-order chi connectivity index (χ0) is 14.4. The third kappa shape index (κ3) is 3.50. The predicted molar refractivity (Wildman–Crippen MR) is 78.8 cm³/mol. The number of amides is 2. The normalized spacial score (nSPS) is 14.2. The van der Waals surface area contributed by atoms with Crippen LogP contribution in [0.5, 0.6) is 0 Å². The highest BCUT2D eigenvalue weighted by Crippen LogP contribution is 2.14. The van der Waals surface area contributed by atoms with Crippen molar-refractivity contribution in [3.63, 3.8) is 0 Å². The number of nitrogens with one attached hydrogen (secondary N) is 2. The summed E-state index contributed by atoms with van der Waals surface area (Å²) in [5.74, 6) is -0.217. The van der Waals surface area contributed by atoms with Crippen LogP contribution in [0.4, 0.5) is 5.69 Å². The van der Waals surface area contributed by atoms with E-state index in [0.717, 1.165) is 38.2 Å². The quantitative estimate of drug-likeness (QED) is 0.855. The van der Waals surface area contributed by atoms with E-state index in [1.165, 1.54) is 0 Å². The van der Waals surface area contributed by atoms with Crippen LogP contribution in [0.1, 0.15) is 30.1 Å². The summed E-state index contributed by atoms with van der Waals surface area (Å²) in [4.78, 5) is 25.8. The van der Waals surface area contributed by atoms with Gasteiger partial charge in [-0.3, -0.25) is 9.59 Å². The van der Waals surface area contributed by atoms with Crippen LogP contribution < -0.4 is 10.6 Å². The van der Waals surface area contributed by atoms with Crippen molar-refractivity contribution in [3.05, 3.63) is 29.8 Å². The Morgan fingerprint density at radius 1 is 1.20 bits per heavy atom. The van der Waals surface area contributed by atoms with Gasteiger partial charge in [-0.25, -0.2) is 0 Å². The molecule has 1 aromatic carbocycles. The standard InChI is InChI=1S/C15H21N3O2/c1-2-16-13-8-4-3-7-12(13)15(20)17-11-14(19)18-9-5-6-10-18/h3-4,7-8,16H,2,5-6,9-11H2,1H3,(H,17,20). The molecule has 1 saturated heterocycles. The minimum Gasteiger partial charge on any atom is -0.385 e. The maximum Gasteiger partial charge on any atom is 0.253 e. The molecule has 1 heterocycles. The molecule has 20 heavy (non-hydrogen) atoms. The number of carbonyl (C=O) groups is 2. The highest BCUT2D eigenvalue weighted by atomic mass is 16.2. The smallest absolute Gasteiger partial charge is 0.253 e. The van der Waals surface area contributed by atoms with Gasteiger partial charge in [-0.15, -0.1) is 0 Å². The number of likely N-dealkylation sites (tertiary alicyclic amines) is 1. The zero-order valence-corrected chi connectivity index (χ0v) is 11.8. The maximum atomic E-state index is 12.1. The fourth-order valence-corrected chi connectivity index (χ4v) is 2.36. The van der Waals surface area contributed by atoms with E-state index in [2.05, 4.69) is 10.6 Å². The van der Waals surface area contributed by atoms with Crippen LogP contribution in [0.15, 0.2) is 24.3 Å². The molecule has 1 fully saturated rings. The van der Waals surface area contributed by atoms with Gasteiger partial charge in [0.1, 0.15) is 0 Å². The topological polar surface area (TPSA) is 61.4 Å². The van der Waals surface area contributed by atoms with Gasteiger partial charge in [0.25, 0.3) is 5.91 Å². The van der Waals surface area contributed by atoms with Crippen molar-refractivity contribution in [2.45, 2.75) is 19.8 Å². The second-order valence-electron chi connectivity index (χ2n) is 4.85. The summed E-state index contributed by atoms with van der Waals surface area (Å²) in [5.41, 5.74) is 1.37. The zero-order valence-electron chi connectivity index (χ0n) is 11.8. The number of para-hydroxylation sites is 1. The molecule has 2 N–H and O–H groups in total. The number of anilines is 1. The minimum atomic E-state index is -0.214. The number of carbonyl (C=O) groups excluding carboxylic acids is 2. The van der Waals surface area contributed by atoms with Crippen LogP contribution in [0.25, 0.3) is 0 Å². The highest BCUT2D eigenvalue weighted by molar-refractivity contribution is 6.01. The first kappa shape index (κ1) is 14.4. The third-order valence-electron chi connectivity index (χ3n) is 3.40. The number of benzene rings is 1. The van der Waals surface area contributed by atoms with E-state index in [9.17, 15) is 9.59 Å². The van der Waals surface area contributed by atoms with Gasteiger partial charge in [-0.05, 0) is 31.9 Å². The average molecular weight is 275 g/mol. The van der Waals surface area contributed by atoms with Gasteiger partial charge < -0.3 is 15.5 Å². The highest BCUT2D eigenvalue weighted by Gasteiger charge is 2.19. The minimum absolute atomic E-state index is 0.00298. The number of hydrogen-bond donors (Lipinski definition) is 2. The Morgan fingerprint density at radius 3 is 2.60 bits per heavy atom. The second-order valence-corrected chi connectivity index (χ2v) is 4.85. The molecule has 0 unspecified atom stereocenters. The molecule has 2 rings (SSSR count). The molecular weight excluding hydrogens is 254 g/mol. The lowest BCUT2D eigenvalue weighted by molar-refractivity contribution is -0.129. The van der Waals surface area contributed by atoms with E-state index in [4.69, 9.17) is 0 Å². The summed E-state index contributed by atoms with van der Waals surface area (Å²) < 4.78 is 0. The van der Waals surface area contributed by atoms with Gasteiger partial charge in [0.15, 0.2) is 0 Å². The third-order valence-corrected chi connectivity index (χ3v) is 3.40. The van der Waals surface area contributed by atoms with Gasteiger partial charge in [-0.2, -0.15) is 0 Å². The SMILES string of the molecule is CCNc1ccccc1C(=O)NCC(=O)N1CCCC1. The summed E-state index contributed by atoms with van der Waals surface area (Å²) in [6.45, 7) is 4.41. The molecule has 108 valence electrons. The molecule has 0 bridgehead atoms. The number of rotatable bonds is 5. The van der Waals surface area contributed by atoms with E-state index in [1.54, 1.807) is 11.0 Å². The summed E-state index contributed by atoms with van der Waals surface area (Å²) in [6, 6.07) is 7.32. The van der Waals surface area contributed by atoms with E-state index < -0.39 is 0 Å². The molecule has 0 aliphatic carbocycles. The molecule has 1 aromatic rings. The summed E-state index contributed by atoms with van der Waals surface area (Å²) >= 11 is 0. The molecule has 5 nitrogen and oxygen atoms in total. The summed E-state index contributed by atoms with van der Waals surface area (Å²) in [5, 5.41) is 5.85. The summed E-state index contributed by atoms with van der Waals surface area (Å²) in [7, 11) is 0. The molecule has 1 aliphatic rings. The Hall–Kier alpha value is -2.04. The molecule has 0 spiro atoms. The fraction of sp³-hybridized carbons (Fsp3) is 0.467. The van der Waals surface area contributed by atoms with Crippen molar-refractivity contribution in [3.8, 4) is 0 Å². The van der Waals surface area contributed by atoms with Crippen LogP contribution in [0, 0.1) is 0 Å². The lowest BCUT2D eigenvalue weighted by atomic mass is 10.1. The predicted octanol–water partition coefficient (Wildman–Crippen LogP) is 1.47. The van der Waals surface area contributed by atoms with Crippen molar-refractivity contribution in [1.82, 2.24) is 10.2 Å². The first-order chi connectivity index (χ1) is 9.72. The van der Waals surface area contributed by atoms with Crippen molar-refractivity contribution >= 4 is 17.5 Å². The number of nitrogens with zero attached hydrogens (tertiary/aromatic N) is 1. The molecule has 0 atom stereocenters. The van der Waals surface area contributed by atoms with E-state index in [0.29, 0.717) is 5.56 Å². The molecule has 0 saturated carbocycles. The number of hydrogen-bond acceptors (Lipinski definition) is 3. The Morgan fingerprint density at radius 2 is 1.90 bits per heavy atom. The van der Waals surface area contributed by atoms with Gasteiger partial charge in [0.2, 0.25) is 5.91 Å². The molecule has 1 aliphatic heterocycles. The van der Waals surface area contributed by atoms with Crippen molar-refractivity contribution in [1.29, 1.82) is 0 Å². The Labute approximate surface area is 119 Å². The van der Waals surface area contributed by atoms with Crippen LogP contribution in [0.2, 0.25) is 0 Å². The lowest BCUT2D eigenvalue weighted by Gasteiger charge is -2.16. The van der Waals surface area contributed by atoms with Crippen molar-refractivity contribution in [2.24, 2.45) is 0 Å². The van der Waals surface area contributed by atoms with Gasteiger partial charge in [0, 0.05) is 25.3 Å². The Bertz CT molecular complexity index is 482. The van der Waals surface area contributed by atoms with Crippen LogP contribution >= 0.6 is 0 Å². The molecule has 5 heteroatoms. The second kappa shape index (κ2) is 6.93. The Kier molecular flexibility index (Phi) is 4.98. The van der Waals surface area contributed by atoms with Crippen molar-refractivity contribution in [2.75, 3.05) is 31.5 Å². The van der Waals surface area contributed by atoms with Crippen molar-refractivity contribution < 1.29 is 9.59 Å². The molecular formula is C15H21N3O2. The lowest BCUT2D eigenvalue weighted by Crippen LogP contribution is -2.38. The Balaban J connectivity index is 1.92. The maximum absolute atomic E-state index is 12.1. The van der Waals surface area contributed by atoms with E-state index in [1.807, 2.05) is 25.1 Å². The van der Waals surface area contributed by atoms with E-state index >= 15 is 0 Å². The largest absolute Gasteiger partial charge is 0.385 e. The van der Waals surface area contributed by atoms with Crippen LogP contribution in [0.3, 0.4) is 0 Å². The van der Waals surface area contributed by atoms with Crippen LogP contribution in [-0.2, 0) is 4.79 Å².